The molecule has 3 heteroatoms. The van der Waals surface area contributed by atoms with Gasteiger partial charge in [-0.2, -0.15) is 0 Å². The fraction of sp³-hybridized carbons (Fsp3) is 0.0909. The zero-order valence-corrected chi connectivity index (χ0v) is 7.69. The topological polar surface area (TPSA) is 60.2 Å². The van der Waals surface area contributed by atoms with Crippen molar-refractivity contribution in [2.75, 3.05) is 0 Å². The standard InChI is InChI=1S/C11H11NO2/c1-2-9(13)7-8-5-3-4-6-10(8)11(12)14/h2-6H,1,7H2,(H2,12,14). The third kappa shape index (κ3) is 2.29. The van der Waals surface area contributed by atoms with Crippen molar-refractivity contribution >= 4 is 11.7 Å². The Balaban J connectivity index is 3.01. The molecule has 0 aliphatic carbocycles. The highest BCUT2D eigenvalue weighted by molar-refractivity contribution is 5.97. The molecule has 1 aromatic rings. The van der Waals surface area contributed by atoms with Crippen molar-refractivity contribution in [1.29, 1.82) is 0 Å². The normalized spacial score (nSPS) is 9.43. The number of primary amides is 1. The number of rotatable bonds is 4. The van der Waals surface area contributed by atoms with Crippen LogP contribution in [0.5, 0.6) is 0 Å². The second kappa shape index (κ2) is 4.37. The number of hydrogen-bond donors (Lipinski definition) is 1. The predicted octanol–water partition coefficient (Wildman–Crippen LogP) is 1.08. The smallest absolute Gasteiger partial charge is 0.248 e. The number of benzene rings is 1. The van der Waals surface area contributed by atoms with Crippen molar-refractivity contribution in [3.63, 3.8) is 0 Å². The molecular weight excluding hydrogens is 178 g/mol. The molecule has 0 heterocycles. The van der Waals surface area contributed by atoms with E-state index in [1.165, 1.54) is 6.08 Å². The third-order valence-electron chi connectivity index (χ3n) is 1.88. The van der Waals surface area contributed by atoms with Gasteiger partial charge < -0.3 is 5.73 Å². The highest BCUT2D eigenvalue weighted by atomic mass is 16.1. The Hall–Kier alpha value is -1.90. The maximum absolute atomic E-state index is 11.1. The molecule has 0 bridgehead atoms. The van der Waals surface area contributed by atoms with Gasteiger partial charge in [-0.1, -0.05) is 24.8 Å². The first-order chi connectivity index (χ1) is 6.65. The minimum atomic E-state index is -0.516. The van der Waals surface area contributed by atoms with Crippen LogP contribution in [0.15, 0.2) is 36.9 Å². The Labute approximate surface area is 82.2 Å². The monoisotopic (exact) mass is 189 g/mol. The Morgan fingerprint density at radius 2 is 2.00 bits per heavy atom. The van der Waals surface area contributed by atoms with Gasteiger partial charge >= 0.3 is 0 Å². The molecule has 1 rings (SSSR count). The quantitative estimate of drug-likeness (QED) is 0.720. The van der Waals surface area contributed by atoms with Crippen molar-refractivity contribution in [3.05, 3.63) is 48.0 Å². The first kappa shape index (κ1) is 10.2. The maximum Gasteiger partial charge on any atom is 0.248 e. The first-order valence-electron chi connectivity index (χ1n) is 4.18. The summed E-state index contributed by atoms with van der Waals surface area (Å²) in [7, 11) is 0. The molecular formula is C11H11NO2. The SMILES string of the molecule is C=CC(=O)Cc1ccccc1C(N)=O. The molecule has 0 atom stereocenters. The van der Waals surface area contributed by atoms with Gasteiger partial charge in [-0.25, -0.2) is 0 Å². The van der Waals surface area contributed by atoms with E-state index < -0.39 is 5.91 Å². The highest BCUT2D eigenvalue weighted by Gasteiger charge is 2.08. The average molecular weight is 189 g/mol. The van der Waals surface area contributed by atoms with Crippen LogP contribution in [0.4, 0.5) is 0 Å². The van der Waals surface area contributed by atoms with Gasteiger partial charge in [0.1, 0.15) is 0 Å². The van der Waals surface area contributed by atoms with Crippen molar-refractivity contribution in [2.24, 2.45) is 5.73 Å². The zero-order chi connectivity index (χ0) is 10.6. The molecule has 0 unspecified atom stereocenters. The number of carbonyl (C=O) groups is 2. The molecule has 0 aromatic heterocycles. The lowest BCUT2D eigenvalue weighted by Gasteiger charge is -2.03. The highest BCUT2D eigenvalue weighted by Crippen LogP contribution is 2.09. The van der Waals surface area contributed by atoms with Crippen molar-refractivity contribution < 1.29 is 9.59 Å². The summed E-state index contributed by atoms with van der Waals surface area (Å²) in [5, 5.41) is 0. The molecule has 3 nitrogen and oxygen atoms in total. The molecule has 0 saturated heterocycles. The molecule has 2 N–H and O–H groups in total. The van der Waals surface area contributed by atoms with E-state index in [9.17, 15) is 9.59 Å². The summed E-state index contributed by atoms with van der Waals surface area (Å²) in [6.07, 6.45) is 1.40. The van der Waals surface area contributed by atoms with Gasteiger partial charge in [-0.05, 0) is 17.7 Å². The summed E-state index contributed by atoms with van der Waals surface area (Å²) in [5.74, 6) is -0.642. The van der Waals surface area contributed by atoms with Crippen LogP contribution < -0.4 is 5.73 Å². The number of hydrogen-bond acceptors (Lipinski definition) is 2. The van der Waals surface area contributed by atoms with Crippen LogP contribution in [0, 0.1) is 0 Å². The number of nitrogens with two attached hydrogens (primary N) is 1. The molecule has 14 heavy (non-hydrogen) atoms. The lowest BCUT2D eigenvalue weighted by Crippen LogP contribution is -2.14. The number of ketones is 1. The van der Waals surface area contributed by atoms with Gasteiger partial charge in [0, 0.05) is 12.0 Å². The van der Waals surface area contributed by atoms with Gasteiger partial charge in [0.15, 0.2) is 5.78 Å². The molecule has 72 valence electrons. The zero-order valence-electron chi connectivity index (χ0n) is 7.69. The van der Waals surface area contributed by atoms with E-state index in [4.69, 9.17) is 5.73 Å². The molecule has 1 aromatic carbocycles. The number of carbonyl (C=O) groups excluding carboxylic acids is 2. The minimum absolute atomic E-state index is 0.126. The summed E-state index contributed by atoms with van der Waals surface area (Å²) < 4.78 is 0. The minimum Gasteiger partial charge on any atom is -0.366 e. The van der Waals surface area contributed by atoms with Gasteiger partial charge in [-0.15, -0.1) is 0 Å². The molecule has 0 aliphatic rings. The summed E-state index contributed by atoms with van der Waals surface area (Å²) in [4.78, 5) is 22.1. The van der Waals surface area contributed by atoms with Crippen molar-refractivity contribution in [1.82, 2.24) is 0 Å². The summed E-state index contributed by atoms with van der Waals surface area (Å²) in [6.45, 7) is 3.37. The van der Waals surface area contributed by atoms with E-state index in [0.29, 0.717) is 11.1 Å². The molecule has 0 saturated carbocycles. The molecule has 0 aliphatic heterocycles. The van der Waals surface area contributed by atoms with E-state index in [1.807, 2.05) is 0 Å². The Kier molecular flexibility index (Phi) is 3.18. The Bertz CT molecular complexity index is 383. The summed E-state index contributed by atoms with van der Waals surface area (Å²) >= 11 is 0. The fourth-order valence-corrected chi connectivity index (χ4v) is 1.17. The Morgan fingerprint density at radius 3 is 2.57 bits per heavy atom. The Morgan fingerprint density at radius 1 is 1.36 bits per heavy atom. The second-order valence-corrected chi connectivity index (χ2v) is 2.87. The number of allylic oxidation sites excluding steroid dienone is 1. The van der Waals surface area contributed by atoms with E-state index >= 15 is 0 Å². The van der Waals surface area contributed by atoms with Gasteiger partial charge in [-0.3, -0.25) is 9.59 Å². The maximum atomic E-state index is 11.1. The van der Waals surface area contributed by atoms with Crippen LogP contribution in [0.1, 0.15) is 15.9 Å². The molecule has 0 radical (unpaired) electrons. The second-order valence-electron chi connectivity index (χ2n) is 2.87. The summed E-state index contributed by atoms with van der Waals surface area (Å²) in [6, 6.07) is 6.79. The first-order valence-corrected chi connectivity index (χ1v) is 4.18. The average Bonchev–Trinajstić information content (AvgIpc) is 2.18. The van der Waals surface area contributed by atoms with Gasteiger partial charge in [0.2, 0.25) is 5.91 Å². The van der Waals surface area contributed by atoms with E-state index in [-0.39, 0.29) is 12.2 Å². The third-order valence-corrected chi connectivity index (χ3v) is 1.88. The summed E-state index contributed by atoms with van der Waals surface area (Å²) in [5.41, 5.74) is 6.19. The largest absolute Gasteiger partial charge is 0.366 e. The van der Waals surface area contributed by atoms with E-state index in [0.717, 1.165) is 0 Å². The van der Waals surface area contributed by atoms with Crippen molar-refractivity contribution in [3.8, 4) is 0 Å². The van der Waals surface area contributed by atoms with E-state index in [1.54, 1.807) is 24.3 Å². The van der Waals surface area contributed by atoms with Gasteiger partial charge in [0.25, 0.3) is 0 Å². The van der Waals surface area contributed by atoms with Crippen LogP contribution in [0.2, 0.25) is 0 Å². The van der Waals surface area contributed by atoms with Crippen LogP contribution in [-0.2, 0) is 11.2 Å². The van der Waals surface area contributed by atoms with Crippen LogP contribution in [0.3, 0.4) is 0 Å². The lowest BCUT2D eigenvalue weighted by atomic mass is 10.0. The number of amides is 1. The molecule has 1 amide bonds. The fourth-order valence-electron chi connectivity index (χ4n) is 1.17. The lowest BCUT2D eigenvalue weighted by molar-refractivity contribution is -0.114. The predicted molar refractivity (Wildman–Crippen MR) is 53.9 cm³/mol. The van der Waals surface area contributed by atoms with Crippen molar-refractivity contribution in [2.45, 2.75) is 6.42 Å². The van der Waals surface area contributed by atoms with E-state index in [2.05, 4.69) is 6.58 Å². The van der Waals surface area contributed by atoms with Gasteiger partial charge in [0.05, 0.1) is 0 Å². The van der Waals surface area contributed by atoms with Crippen LogP contribution in [-0.4, -0.2) is 11.7 Å². The van der Waals surface area contributed by atoms with Crippen LogP contribution in [0.25, 0.3) is 0 Å². The van der Waals surface area contributed by atoms with Crippen LogP contribution >= 0.6 is 0 Å². The molecule has 0 spiro atoms. The molecule has 0 fully saturated rings.